The Balaban J connectivity index is 0.000000457. The second kappa shape index (κ2) is 4.56. The summed E-state index contributed by atoms with van der Waals surface area (Å²) < 4.78 is 5.59. The molecule has 0 saturated carbocycles. The molecule has 0 aliphatic carbocycles. The summed E-state index contributed by atoms with van der Waals surface area (Å²) in [4.78, 5) is 7.73. The normalized spacial score (nSPS) is 13.7. The zero-order valence-electron chi connectivity index (χ0n) is 10.1. The highest BCUT2D eigenvalue weighted by atomic mass is 16.5. The number of aromatic amines is 1. The molecule has 3 nitrogen and oxygen atoms in total. The summed E-state index contributed by atoms with van der Waals surface area (Å²) in [6, 6.07) is 4.08. The first-order chi connectivity index (χ1) is 7.84. The van der Waals surface area contributed by atoms with Crippen LogP contribution in [0.15, 0.2) is 12.1 Å². The number of nitrogens with zero attached hydrogens (tertiary/aromatic N) is 1. The first-order valence-electron chi connectivity index (χ1n) is 5.95. The molecule has 0 unspecified atom stereocenters. The van der Waals surface area contributed by atoms with Crippen molar-refractivity contribution in [2.24, 2.45) is 0 Å². The third-order valence-corrected chi connectivity index (χ3v) is 2.66. The third kappa shape index (κ3) is 1.77. The molecule has 3 heteroatoms. The fourth-order valence-electron chi connectivity index (χ4n) is 2.04. The van der Waals surface area contributed by atoms with Gasteiger partial charge in [0, 0.05) is 5.56 Å². The molecule has 0 fully saturated rings. The number of imidazole rings is 1. The van der Waals surface area contributed by atoms with Crippen LogP contribution in [0.3, 0.4) is 0 Å². The average molecular weight is 218 g/mol. The minimum Gasteiger partial charge on any atom is -0.493 e. The Labute approximate surface area is 95.8 Å². The van der Waals surface area contributed by atoms with E-state index in [-0.39, 0.29) is 0 Å². The van der Waals surface area contributed by atoms with Gasteiger partial charge in [-0.15, -0.1) is 0 Å². The van der Waals surface area contributed by atoms with E-state index in [1.54, 1.807) is 0 Å². The largest absolute Gasteiger partial charge is 0.493 e. The van der Waals surface area contributed by atoms with Crippen molar-refractivity contribution < 1.29 is 4.74 Å². The minimum atomic E-state index is 0.835. The Morgan fingerprint density at radius 3 is 2.94 bits per heavy atom. The van der Waals surface area contributed by atoms with Crippen LogP contribution in [-0.2, 0) is 6.42 Å². The highest BCUT2D eigenvalue weighted by Gasteiger charge is 2.15. The second-order valence-corrected chi connectivity index (χ2v) is 3.71. The van der Waals surface area contributed by atoms with Gasteiger partial charge in [-0.1, -0.05) is 13.8 Å². The fraction of sp³-hybridized carbons (Fsp3) is 0.462. The molecule has 16 heavy (non-hydrogen) atoms. The second-order valence-electron chi connectivity index (χ2n) is 3.71. The maximum Gasteiger partial charge on any atom is 0.124 e. The van der Waals surface area contributed by atoms with Gasteiger partial charge in [0.15, 0.2) is 0 Å². The lowest BCUT2D eigenvalue weighted by molar-refractivity contribution is 0.289. The van der Waals surface area contributed by atoms with Crippen molar-refractivity contribution in [1.82, 2.24) is 9.97 Å². The van der Waals surface area contributed by atoms with Crippen molar-refractivity contribution in [3.8, 4) is 5.75 Å². The van der Waals surface area contributed by atoms with Crippen molar-refractivity contribution >= 4 is 11.0 Å². The van der Waals surface area contributed by atoms with E-state index < -0.39 is 0 Å². The van der Waals surface area contributed by atoms with E-state index in [2.05, 4.69) is 9.97 Å². The van der Waals surface area contributed by atoms with Crippen molar-refractivity contribution in [3.63, 3.8) is 0 Å². The van der Waals surface area contributed by atoms with Crippen LogP contribution in [0.5, 0.6) is 5.75 Å². The summed E-state index contributed by atoms with van der Waals surface area (Å²) in [5.74, 6) is 1.98. The van der Waals surface area contributed by atoms with Crippen molar-refractivity contribution in [2.45, 2.75) is 33.6 Å². The molecule has 1 aromatic heterocycles. The number of aromatic nitrogens is 2. The van der Waals surface area contributed by atoms with Gasteiger partial charge in [0.2, 0.25) is 0 Å². The van der Waals surface area contributed by atoms with Crippen LogP contribution in [0.1, 0.15) is 31.7 Å². The molecule has 0 spiro atoms. The van der Waals surface area contributed by atoms with Gasteiger partial charge in [0.25, 0.3) is 0 Å². The molecular formula is C13H18N2O. The van der Waals surface area contributed by atoms with Crippen LogP contribution in [0, 0.1) is 6.92 Å². The molecule has 0 bridgehead atoms. The highest BCUT2D eigenvalue weighted by molar-refractivity contribution is 5.81. The molecule has 0 radical (unpaired) electrons. The van der Waals surface area contributed by atoms with Crippen LogP contribution in [0.2, 0.25) is 0 Å². The highest BCUT2D eigenvalue weighted by Crippen LogP contribution is 2.30. The topological polar surface area (TPSA) is 37.9 Å². The van der Waals surface area contributed by atoms with Crippen molar-refractivity contribution in [1.29, 1.82) is 0 Å². The van der Waals surface area contributed by atoms with E-state index in [1.165, 1.54) is 5.56 Å². The van der Waals surface area contributed by atoms with Gasteiger partial charge in [-0.3, -0.25) is 0 Å². The van der Waals surface area contributed by atoms with Crippen LogP contribution in [0.4, 0.5) is 0 Å². The van der Waals surface area contributed by atoms with Gasteiger partial charge in [-0.2, -0.15) is 0 Å². The lowest BCUT2D eigenvalue weighted by Gasteiger charge is -2.16. The Hall–Kier alpha value is -1.51. The molecule has 1 aromatic carbocycles. The quantitative estimate of drug-likeness (QED) is 0.737. The summed E-state index contributed by atoms with van der Waals surface area (Å²) >= 11 is 0. The Morgan fingerprint density at radius 1 is 1.31 bits per heavy atom. The molecule has 0 saturated heterocycles. The van der Waals surface area contributed by atoms with Gasteiger partial charge < -0.3 is 9.72 Å². The smallest absolute Gasteiger partial charge is 0.124 e. The predicted octanol–water partition coefficient (Wildman–Crippen LogP) is 3.22. The number of benzene rings is 1. The number of H-pyrrole nitrogens is 1. The van der Waals surface area contributed by atoms with Crippen molar-refractivity contribution in [2.75, 3.05) is 6.61 Å². The first kappa shape index (κ1) is 11.0. The van der Waals surface area contributed by atoms with E-state index in [0.717, 1.165) is 42.1 Å². The SMILES string of the molecule is CC.Cc1nc2c3c(ccc2[nH]1)OCCC3. The Morgan fingerprint density at radius 2 is 2.12 bits per heavy atom. The molecule has 0 amide bonds. The van der Waals surface area contributed by atoms with Gasteiger partial charge >= 0.3 is 0 Å². The zero-order valence-corrected chi connectivity index (χ0v) is 10.1. The summed E-state index contributed by atoms with van der Waals surface area (Å²) in [6.07, 6.45) is 2.18. The lowest BCUT2D eigenvalue weighted by atomic mass is 10.0. The zero-order chi connectivity index (χ0) is 11.5. The Kier molecular flexibility index (Phi) is 3.13. The molecule has 86 valence electrons. The van der Waals surface area contributed by atoms with Crippen LogP contribution in [0.25, 0.3) is 11.0 Å². The van der Waals surface area contributed by atoms with E-state index in [1.807, 2.05) is 32.9 Å². The standard InChI is InChI=1S/C11H12N2O.C2H6/c1-7-12-9-4-5-10-8(11(9)13-7)3-2-6-14-10;1-2/h4-5H,2-3,6H2,1H3,(H,12,13);1-2H3. The maximum absolute atomic E-state index is 5.59. The number of aryl methyl sites for hydroxylation is 2. The third-order valence-electron chi connectivity index (χ3n) is 2.66. The fourth-order valence-corrected chi connectivity index (χ4v) is 2.04. The monoisotopic (exact) mass is 218 g/mol. The summed E-state index contributed by atoms with van der Waals surface area (Å²) in [5.41, 5.74) is 3.46. The van der Waals surface area contributed by atoms with Crippen molar-refractivity contribution in [3.05, 3.63) is 23.5 Å². The van der Waals surface area contributed by atoms with Crippen LogP contribution >= 0.6 is 0 Å². The predicted molar refractivity (Wildman–Crippen MR) is 66.0 cm³/mol. The van der Waals surface area contributed by atoms with Gasteiger partial charge in [-0.25, -0.2) is 4.98 Å². The number of ether oxygens (including phenoxy) is 1. The number of rotatable bonds is 0. The van der Waals surface area contributed by atoms with Crippen LogP contribution < -0.4 is 4.74 Å². The number of nitrogens with one attached hydrogen (secondary N) is 1. The molecule has 0 atom stereocenters. The summed E-state index contributed by atoms with van der Waals surface area (Å²) in [6.45, 7) is 6.82. The number of hydrogen-bond acceptors (Lipinski definition) is 2. The van der Waals surface area contributed by atoms with E-state index in [4.69, 9.17) is 4.74 Å². The maximum atomic E-state index is 5.59. The molecule has 1 aliphatic heterocycles. The Bertz CT molecular complexity index is 488. The number of fused-ring (bicyclic) bond motifs is 3. The molecule has 1 N–H and O–H groups in total. The molecule has 1 aliphatic rings. The summed E-state index contributed by atoms with van der Waals surface area (Å²) in [7, 11) is 0. The molecule has 2 heterocycles. The summed E-state index contributed by atoms with van der Waals surface area (Å²) in [5, 5.41) is 0. The minimum absolute atomic E-state index is 0.835. The first-order valence-corrected chi connectivity index (χ1v) is 5.95. The number of hydrogen-bond donors (Lipinski definition) is 1. The van der Waals surface area contributed by atoms with Gasteiger partial charge in [0.1, 0.15) is 11.6 Å². The molecule has 3 rings (SSSR count). The average Bonchev–Trinajstić information content (AvgIpc) is 2.72. The molecule has 2 aromatic rings. The van der Waals surface area contributed by atoms with E-state index >= 15 is 0 Å². The lowest BCUT2D eigenvalue weighted by Crippen LogP contribution is -2.08. The van der Waals surface area contributed by atoms with Gasteiger partial charge in [-0.05, 0) is 31.9 Å². The molecular weight excluding hydrogens is 200 g/mol. The van der Waals surface area contributed by atoms with E-state index in [9.17, 15) is 0 Å². The van der Waals surface area contributed by atoms with Crippen LogP contribution in [-0.4, -0.2) is 16.6 Å². The van der Waals surface area contributed by atoms with E-state index in [0.29, 0.717) is 0 Å². The van der Waals surface area contributed by atoms with Gasteiger partial charge in [0.05, 0.1) is 17.6 Å².